The molecular formula is C19H21BrFNO2. The molecule has 128 valence electrons. The van der Waals surface area contributed by atoms with Crippen LogP contribution in [0, 0.1) is 5.82 Å². The number of carbonyl (C=O) groups is 1. The minimum Gasteiger partial charge on any atom is -0.384 e. The Hall–Kier alpha value is -1.72. The summed E-state index contributed by atoms with van der Waals surface area (Å²) in [4.78, 5) is 11.9. The third-order valence-corrected chi connectivity index (χ3v) is 4.41. The van der Waals surface area contributed by atoms with E-state index >= 15 is 0 Å². The zero-order chi connectivity index (χ0) is 17.6. The lowest BCUT2D eigenvalue weighted by molar-refractivity contribution is -0.122. The number of rotatable bonds is 7. The molecule has 24 heavy (non-hydrogen) atoms. The molecule has 0 saturated heterocycles. The molecule has 0 aromatic heterocycles. The van der Waals surface area contributed by atoms with Crippen molar-refractivity contribution in [1.82, 2.24) is 5.32 Å². The summed E-state index contributed by atoms with van der Waals surface area (Å²) in [6, 6.07) is 13.7. The number of amides is 1. The molecule has 0 bridgehead atoms. The second-order valence-electron chi connectivity index (χ2n) is 6.04. The molecule has 2 rings (SSSR count). The van der Waals surface area contributed by atoms with Gasteiger partial charge in [0.1, 0.15) is 11.4 Å². The van der Waals surface area contributed by atoms with Gasteiger partial charge in [0, 0.05) is 10.9 Å². The molecule has 5 heteroatoms. The van der Waals surface area contributed by atoms with Crippen LogP contribution in [0.25, 0.3) is 0 Å². The van der Waals surface area contributed by atoms with Gasteiger partial charge in [-0.05, 0) is 55.2 Å². The van der Waals surface area contributed by atoms with Crippen LogP contribution in [-0.4, -0.2) is 17.6 Å². The summed E-state index contributed by atoms with van der Waals surface area (Å²) in [5, 5.41) is 13.3. The molecule has 0 fully saturated rings. The summed E-state index contributed by atoms with van der Waals surface area (Å²) in [6.45, 7) is 1.83. The fourth-order valence-corrected chi connectivity index (χ4v) is 2.64. The van der Waals surface area contributed by atoms with Gasteiger partial charge in [-0.3, -0.25) is 4.79 Å². The van der Waals surface area contributed by atoms with Gasteiger partial charge < -0.3 is 10.4 Å². The van der Waals surface area contributed by atoms with Crippen LogP contribution < -0.4 is 5.32 Å². The Morgan fingerprint density at radius 2 is 1.79 bits per heavy atom. The van der Waals surface area contributed by atoms with Gasteiger partial charge in [-0.25, -0.2) is 4.39 Å². The van der Waals surface area contributed by atoms with Crippen molar-refractivity contribution in [2.75, 3.05) is 6.54 Å². The minimum absolute atomic E-state index is 0.102. The summed E-state index contributed by atoms with van der Waals surface area (Å²) in [7, 11) is 0. The molecule has 0 radical (unpaired) electrons. The second-order valence-corrected chi connectivity index (χ2v) is 6.95. The van der Waals surface area contributed by atoms with Crippen molar-refractivity contribution in [2.24, 2.45) is 0 Å². The number of benzene rings is 2. The monoisotopic (exact) mass is 393 g/mol. The van der Waals surface area contributed by atoms with E-state index in [4.69, 9.17) is 0 Å². The smallest absolute Gasteiger partial charge is 0.220 e. The Morgan fingerprint density at radius 1 is 1.17 bits per heavy atom. The number of hydrogen-bond acceptors (Lipinski definition) is 2. The van der Waals surface area contributed by atoms with E-state index in [1.54, 1.807) is 19.1 Å². The molecule has 1 atom stereocenters. The van der Waals surface area contributed by atoms with E-state index in [1.807, 2.05) is 24.3 Å². The summed E-state index contributed by atoms with van der Waals surface area (Å²) < 4.78 is 13.8. The Kier molecular flexibility index (Phi) is 6.52. The zero-order valence-corrected chi connectivity index (χ0v) is 15.1. The predicted molar refractivity (Wildman–Crippen MR) is 96.1 cm³/mol. The summed E-state index contributed by atoms with van der Waals surface area (Å²) in [5.41, 5.74) is 0.635. The first kappa shape index (κ1) is 18.6. The van der Waals surface area contributed by atoms with Gasteiger partial charge in [-0.1, -0.05) is 40.2 Å². The molecule has 0 saturated carbocycles. The Balaban J connectivity index is 1.75. The fourth-order valence-electron chi connectivity index (χ4n) is 2.37. The minimum atomic E-state index is -1.12. The van der Waals surface area contributed by atoms with E-state index in [9.17, 15) is 14.3 Å². The first-order valence-corrected chi connectivity index (χ1v) is 8.66. The molecule has 0 heterocycles. The highest BCUT2D eigenvalue weighted by molar-refractivity contribution is 9.10. The third kappa shape index (κ3) is 5.73. The van der Waals surface area contributed by atoms with E-state index in [-0.39, 0.29) is 18.3 Å². The standard InChI is InChI=1S/C19H21BrFNO2/c1-19(24,15-7-9-16(20)10-8-15)13-22-18(23)4-2-3-14-5-11-17(21)12-6-14/h5-12,24H,2-4,13H2,1H3,(H,22,23). The number of carbonyl (C=O) groups excluding carboxylic acids is 1. The lowest BCUT2D eigenvalue weighted by atomic mass is 9.96. The van der Waals surface area contributed by atoms with Crippen LogP contribution in [0.5, 0.6) is 0 Å². The maximum atomic E-state index is 12.8. The van der Waals surface area contributed by atoms with Crippen molar-refractivity contribution in [3.8, 4) is 0 Å². The van der Waals surface area contributed by atoms with E-state index in [1.165, 1.54) is 12.1 Å². The number of aliphatic hydroxyl groups is 1. The lowest BCUT2D eigenvalue weighted by Gasteiger charge is -2.24. The number of aryl methyl sites for hydroxylation is 1. The highest BCUT2D eigenvalue weighted by atomic mass is 79.9. The van der Waals surface area contributed by atoms with Crippen molar-refractivity contribution in [2.45, 2.75) is 31.8 Å². The van der Waals surface area contributed by atoms with Gasteiger partial charge in [0.25, 0.3) is 0 Å². The molecular weight excluding hydrogens is 373 g/mol. The quantitative estimate of drug-likeness (QED) is 0.748. The van der Waals surface area contributed by atoms with Gasteiger partial charge in [0.05, 0.1) is 6.54 Å². The van der Waals surface area contributed by atoms with E-state index < -0.39 is 5.60 Å². The number of halogens is 2. The SMILES string of the molecule is CC(O)(CNC(=O)CCCc1ccc(F)cc1)c1ccc(Br)cc1. The molecule has 1 unspecified atom stereocenters. The van der Waals surface area contributed by atoms with Crippen molar-refractivity contribution >= 4 is 21.8 Å². The van der Waals surface area contributed by atoms with Crippen LogP contribution in [0.3, 0.4) is 0 Å². The maximum absolute atomic E-state index is 12.8. The molecule has 2 aromatic carbocycles. The van der Waals surface area contributed by atoms with E-state index in [0.717, 1.165) is 22.0 Å². The maximum Gasteiger partial charge on any atom is 0.220 e. The number of nitrogens with one attached hydrogen (secondary N) is 1. The Morgan fingerprint density at radius 3 is 2.42 bits per heavy atom. The first-order valence-electron chi connectivity index (χ1n) is 7.86. The second kappa shape index (κ2) is 8.40. The largest absolute Gasteiger partial charge is 0.384 e. The molecule has 3 nitrogen and oxygen atoms in total. The molecule has 0 aliphatic heterocycles. The highest BCUT2D eigenvalue weighted by Gasteiger charge is 2.23. The number of hydrogen-bond donors (Lipinski definition) is 2. The Labute approximate surface area is 150 Å². The fraction of sp³-hybridized carbons (Fsp3) is 0.316. The van der Waals surface area contributed by atoms with Gasteiger partial charge in [0.15, 0.2) is 0 Å². The molecule has 0 aliphatic rings. The molecule has 2 N–H and O–H groups in total. The van der Waals surface area contributed by atoms with E-state index in [0.29, 0.717) is 12.8 Å². The average Bonchev–Trinajstić information content (AvgIpc) is 2.55. The van der Waals surface area contributed by atoms with Crippen molar-refractivity contribution in [3.05, 3.63) is 69.9 Å². The molecule has 0 aliphatic carbocycles. The molecule has 1 amide bonds. The molecule has 0 spiro atoms. The first-order chi connectivity index (χ1) is 11.4. The van der Waals surface area contributed by atoms with Gasteiger partial charge in [-0.2, -0.15) is 0 Å². The van der Waals surface area contributed by atoms with Gasteiger partial charge in [0.2, 0.25) is 5.91 Å². The predicted octanol–water partition coefficient (Wildman–Crippen LogP) is 3.93. The van der Waals surface area contributed by atoms with Crippen LogP contribution in [0.15, 0.2) is 53.0 Å². The average molecular weight is 394 g/mol. The van der Waals surface area contributed by atoms with Crippen molar-refractivity contribution in [1.29, 1.82) is 0 Å². The van der Waals surface area contributed by atoms with E-state index in [2.05, 4.69) is 21.2 Å². The lowest BCUT2D eigenvalue weighted by Crippen LogP contribution is -2.38. The van der Waals surface area contributed by atoms with Crippen LogP contribution in [-0.2, 0) is 16.8 Å². The zero-order valence-electron chi connectivity index (χ0n) is 13.6. The molecule has 2 aromatic rings. The van der Waals surface area contributed by atoms with Crippen molar-refractivity contribution < 1.29 is 14.3 Å². The van der Waals surface area contributed by atoms with Crippen LogP contribution >= 0.6 is 15.9 Å². The summed E-state index contributed by atoms with van der Waals surface area (Å²) in [5.74, 6) is -0.360. The normalized spacial score (nSPS) is 13.3. The summed E-state index contributed by atoms with van der Waals surface area (Å²) >= 11 is 3.35. The van der Waals surface area contributed by atoms with Crippen LogP contribution in [0.1, 0.15) is 30.9 Å². The van der Waals surface area contributed by atoms with Crippen LogP contribution in [0.4, 0.5) is 4.39 Å². The topological polar surface area (TPSA) is 49.3 Å². The van der Waals surface area contributed by atoms with Gasteiger partial charge >= 0.3 is 0 Å². The van der Waals surface area contributed by atoms with Crippen LogP contribution in [0.2, 0.25) is 0 Å². The Bertz CT molecular complexity index is 669. The summed E-state index contributed by atoms with van der Waals surface area (Å²) in [6.07, 6.45) is 1.77. The third-order valence-electron chi connectivity index (χ3n) is 3.88. The van der Waals surface area contributed by atoms with Gasteiger partial charge in [-0.15, -0.1) is 0 Å². The highest BCUT2D eigenvalue weighted by Crippen LogP contribution is 2.22. The van der Waals surface area contributed by atoms with Crippen molar-refractivity contribution in [3.63, 3.8) is 0 Å².